The van der Waals surface area contributed by atoms with Gasteiger partial charge in [0.25, 0.3) is 6.47 Å². The SMILES string of the molecule is CC.CC(N)CCCC1NCCCS1.O=CO. The molecule has 0 radical (unpaired) electrons. The predicted molar refractivity (Wildman–Crippen MR) is 76.4 cm³/mol. The fraction of sp³-hybridized carbons (Fsp3) is 0.917. The van der Waals surface area contributed by atoms with Crippen LogP contribution in [0.15, 0.2) is 0 Å². The molecule has 0 amide bonds. The normalized spacial score (nSPS) is 20.1. The van der Waals surface area contributed by atoms with E-state index in [4.69, 9.17) is 15.6 Å². The Morgan fingerprint density at radius 3 is 2.59 bits per heavy atom. The molecule has 0 saturated carbocycles. The Labute approximate surface area is 110 Å². The van der Waals surface area contributed by atoms with Gasteiger partial charge in [-0.15, -0.1) is 11.8 Å². The average molecular weight is 264 g/mol. The molecule has 2 atom stereocenters. The molecule has 0 aromatic carbocycles. The summed E-state index contributed by atoms with van der Waals surface area (Å²) in [5, 5.41) is 11.1. The summed E-state index contributed by atoms with van der Waals surface area (Å²) >= 11 is 2.06. The van der Waals surface area contributed by atoms with E-state index in [0.29, 0.717) is 11.4 Å². The zero-order valence-corrected chi connectivity index (χ0v) is 12.1. The molecular weight excluding hydrogens is 236 g/mol. The maximum atomic E-state index is 8.36. The van der Waals surface area contributed by atoms with E-state index in [9.17, 15) is 0 Å². The first-order valence-electron chi connectivity index (χ1n) is 6.39. The molecule has 1 fully saturated rings. The number of carbonyl (C=O) groups is 1. The monoisotopic (exact) mass is 264 g/mol. The molecule has 0 bridgehead atoms. The molecule has 5 heteroatoms. The van der Waals surface area contributed by atoms with Gasteiger partial charge in [0.15, 0.2) is 0 Å². The van der Waals surface area contributed by atoms with Crippen LogP contribution in [0.2, 0.25) is 0 Å². The number of nitrogens with one attached hydrogen (secondary N) is 1. The van der Waals surface area contributed by atoms with Gasteiger partial charge in [-0.05, 0) is 44.9 Å². The molecule has 104 valence electrons. The summed E-state index contributed by atoms with van der Waals surface area (Å²) in [7, 11) is 0. The molecule has 2 unspecified atom stereocenters. The Bertz CT molecular complexity index is 151. The maximum Gasteiger partial charge on any atom is 0.290 e. The summed E-state index contributed by atoms with van der Waals surface area (Å²) in [5.74, 6) is 1.33. The number of carboxylic acid groups (broad SMARTS) is 1. The van der Waals surface area contributed by atoms with Crippen molar-refractivity contribution < 1.29 is 9.90 Å². The molecule has 1 rings (SSSR count). The number of nitrogens with two attached hydrogens (primary N) is 1. The first kappa shape index (κ1) is 19.1. The van der Waals surface area contributed by atoms with Crippen molar-refractivity contribution in [2.75, 3.05) is 12.3 Å². The molecule has 1 heterocycles. The maximum absolute atomic E-state index is 8.36. The zero-order valence-electron chi connectivity index (χ0n) is 11.3. The van der Waals surface area contributed by atoms with Gasteiger partial charge in [0.2, 0.25) is 0 Å². The fourth-order valence-corrected chi connectivity index (χ4v) is 2.59. The summed E-state index contributed by atoms with van der Waals surface area (Å²) in [5.41, 5.74) is 5.68. The van der Waals surface area contributed by atoms with Crippen LogP contribution in [0.3, 0.4) is 0 Å². The quantitative estimate of drug-likeness (QED) is 0.679. The van der Waals surface area contributed by atoms with E-state index < -0.39 is 0 Å². The Hall–Kier alpha value is -0.260. The van der Waals surface area contributed by atoms with E-state index in [0.717, 1.165) is 0 Å². The van der Waals surface area contributed by atoms with Gasteiger partial charge in [-0.1, -0.05) is 13.8 Å². The largest absolute Gasteiger partial charge is 0.483 e. The van der Waals surface area contributed by atoms with Crippen molar-refractivity contribution in [2.45, 2.75) is 57.9 Å². The molecular formula is C12H28N2O2S. The van der Waals surface area contributed by atoms with Crippen LogP contribution in [-0.2, 0) is 4.79 Å². The molecule has 0 aliphatic carbocycles. The second kappa shape index (κ2) is 15.7. The summed E-state index contributed by atoms with van der Waals surface area (Å²) in [6, 6.07) is 0.374. The summed E-state index contributed by atoms with van der Waals surface area (Å²) in [6.45, 7) is 7.04. The number of thioether (sulfide) groups is 1. The van der Waals surface area contributed by atoms with Crippen molar-refractivity contribution in [1.29, 1.82) is 0 Å². The van der Waals surface area contributed by atoms with Gasteiger partial charge >= 0.3 is 0 Å². The minimum Gasteiger partial charge on any atom is -0.483 e. The van der Waals surface area contributed by atoms with E-state index in [2.05, 4.69) is 24.0 Å². The van der Waals surface area contributed by atoms with Crippen LogP contribution in [0.4, 0.5) is 0 Å². The van der Waals surface area contributed by atoms with E-state index in [1.54, 1.807) is 0 Å². The van der Waals surface area contributed by atoms with Crippen LogP contribution in [0.5, 0.6) is 0 Å². The van der Waals surface area contributed by atoms with Crippen LogP contribution in [-0.4, -0.2) is 35.3 Å². The van der Waals surface area contributed by atoms with Gasteiger partial charge in [0.05, 0.1) is 5.37 Å². The molecule has 4 N–H and O–H groups in total. The molecule has 1 saturated heterocycles. The number of hydrogen-bond donors (Lipinski definition) is 3. The molecule has 4 nitrogen and oxygen atoms in total. The van der Waals surface area contributed by atoms with Crippen molar-refractivity contribution in [1.82, 2.24) is 5.32 Å². The molecule has 0 spiro atoms. The van der Waals surface area contributed by atoms with Gasteiger partial charge in [-0.3, -0.25) is 4.79 Å². The van der Waals surface area contributed by atoms with Crippen LogP contribution in [0.25, 0.3) is 0 Å². The third-order valence-electron chi connectivity index (χ3n) is 2.14. The van der Waals surface area contributed by atoms with Gasteiger partial charge in [-0.2, -0.15) is 0 Å². The topological polar surface area (TPSA) is 75.3 Å². The minimum atomic E-state index is -0.250. The van der Waals surface area contributed by atoms with Crippen molar-refractivity contribution in [3.63, 3.8) is 0 Å². The van der Waals surface area contributed by atoms with Gasteiger partial charge in [0, 0.05) is 6.04 Å². The third-order valence-corrected chi connectivity index (χ3v) is 3.47. The average Bonchev–Trinajstić information content (AvgIpc) is 2.33. The van der Waals surface area contributed by atoms with E-state index in [1.165, 1.54) is 38.0 Å². The lowest BCUT2D eigenvalue weighted by molar-refractivity contribution is -0.122. The molecule has 17 heavy (non-hydrogen) atoms. The van der Waals surface area contributed by atoms with Gasteiger partial charge < -0.3 is 16.2 Å². The van der Waals surface area contributed by atoms with Gasteiger partial charge in [0.1, 0.15) is 0 Å². The molecule has 1 aliphatic rings. The fourth-order valence-electron chi connectivity index (χ4n) is 1.43. The lowest BCUT2D eigenvalue weighted by Gasteiger charge is -2.23. The molecule has 0 aromatic rings. The van der Waals surface area contributed by atoms with E-state index >= 15 is 0 Å². The van der Waals surface area contributed by atoms with E-state index in [1.807, 2.05) is 13.8 Å². The Morgan fingerprint density at radius 2 is 2.18 bits per heavy atom. The third kappa shape index (κ3) is 15.7. The smallest absolute Gasteiger partial charge is 0.290 e. The Kier molecular flexibility index (Phi) is 17.7. The lowest BCUT2D eigenvalue weighted by atomic mass is 10.1. The molecule has 0 aromatic heterocycles. The van der Waals surface area contributed by atoms with Crippen molar-refractivity contribution in [3.05, 3.63) is 0 Å². The standard InChI is InChI=1S/C9H20N2S.C2H6.CH2O2/c1-8(10)4-2-5-9-11-6-3-7-12-9;1-2;2-1-3/h8-9,11H,2-7,10H2,1H3;1-2H3;1H,(H,2,3). The Morgan fingerprint density at radius 1 is 1.59 bits per heavy atom. The highest BCUT2D eigenvalue weighted by atomic mass is 32.2. The summed E-state index contributed by atoms with van der Waals surface area (Å²) in [4.78, 5) is 8.36. The zero-order chi connectivity index (χ0) is 13.5. The van der Waals surface area contributed by atoms with Crippen molar-refractivity contribution >= 4 is 18.2 Å². The first-order valence-corrected chi connectivity index (χ1v) is 7.44. The lowest BCUT2D eigenvalue weighted by Crippen LogP contribution is -2.32. The summed E-state index contributed by atoms with van der Waals surface area (Å²) in [6.07, 6.45) is 5.04. The highest BCUT2D eigenvalue weighted by Gasteiger charge is 2.11. The molecule has 1 aliphatic heterocycles. The van der Waals surface area contributed by atoms with Crippen molar-refractivity contribution in [3.8, 4) is 0 Å². The van der Waals surface area contributed by atoms with Crippen LogP contribution in [0, 0.1) is 0 Å². The first-order chi connectivity index (χ1) is 8.20. The highest BCUT2D eigenvalue weighted by molar-refractivity contribution is 7.99. The second-order valence-corrected chi connectivity index (χ2v) is 4.99. The highest BCUT2D eigenvalue weighted by Crippen LogP contribution is 2.19. The summed E-state index contributed by atoms with van der Waals surface area (Å²) < 4.78 is 0. The predicted octanol–water partition coefficient (Wildman–Crippen LogP) is 2.28. The minimum absolute atomic E-state index is 0.250. The number of rotatable bonds is 4. The number of hydrogen-bond acceptors (Lipinski definition) is 4. The van der Waals surface area contributed by atoms with Gasteiger partial charge in [-0.25, -0.2) is 0 Å². The second-order valence-electron chi connectivity index (χ2n) is 3.68. The van der Waals surface area contributed by atoms with Crippen LogP contribution >= 0.6 is 11.8 Å². The van der Waals surface area contributed by atoms with E-state index in [-0.39, 0.29) is 6.47 Å². The Balaban J connectivity index is 0. The van der Waals surface area contributed by atoms with Crippen LogP contribution in [0.1, 0.15) is 46.5 Å². The van der Waals surface area contributed by atoms with Crippen molar-refractivity contribution in [2.24, 2.45) is 5.73 Å². The van der Waals surface area contributed by atoms with Crippen LogP contribution < -0.4 is 11.1 Å².